The highest BCUT2D eigenvalue weighted by molar-refractivity contribution is 7.10. The van der Waals surface area contributed by atoms with Crippen molar-refractivity contribution in [1.29, 1.82) is 0 Å². The fourth-order valence-electron chi connectivity index (χ4n) is 1.63. The Labute approximate surface area is 87.8 Å². The fourth-order valence-corrected chi connectivity index (χ4v) is 2.37. The van der Waals surface area contributed by atoms with Gasteiger partial charge in [-0.25, -0.2) is 0 Å². The lowest BCUT2D eigenvalue weighted by Crippen LogP contribution is -2.28. The van der Waals surface area contributed by atoms with Gasteiger partial charge in [0.15, 0.2) is 5.79 Å². The van der Waals surface area contributed by atoms with E-state index in [0.29, 0.717) is 13.2 Å². The number of ether oxygens (including phenoxy) is 2. The van der Waals surface area contributed by atoms with Gasteiger partial charge in [0.2, 0.25) is 0 Å². The maximum atomic E-state index is 5.84. The van der Waals surface area contributed by atoms with Gasteiger partial charge in [0.05, 0.1) is 6.61 Å². The van der Waals surface area contributed by atoms with Crippen molar-refractivity contribution in [1.82, 2.24) is 0 Å². The average Bonchev–Trinajstić information content (AvgIpc) is 2.73. The number of hydrogen-bond donors (Lipinski definition) is 1. The van der Waals surface area contributed by atoms with Crippen molar-refractivity contribution in [3.05, 3.63) is 22.4 Å². The minimum absolute atomic E-state index is 0.0894. The fraction of sp³-hybridized carbons (Fsp3) is 0.600. The summed E-state index contributed by atoms with van der Waals surface area (Å²) in [6.07, 6.45) is 0.834. The normalized spacial score (nSPS) is 32.3. The van der Waals surface area contributed by atoms with Crippen molar-refractivity contribution in [3.8, 4) is 0 Å². The SMILES string of the molecule is CC1(CCN)OCC(c2cccs2)O1. The lowest BCUT2D eigenvalue weighted by Gasteiger charge is -2.21. The standard InChI is InChI=1S/C10H15NO2S/c1-10(4-5-11)12-7-8(13-10)9-3-2-6-14-9/h2-3,6,8H,4-5,7,11H2,1H3. The Balaban J connectivity index is 2.01. The van der Waals surface area contributed by atoms with E-state index in [9.17, 15) is 0 Å². The quantitative estimate of drug-likeness (QED) is 0.834. The van der Waals surface area contributed by atoms with Crippen LogP contribution in [0.5, 0.6) is 0 Å². The highest BCUT2D eigenvalue weighted by Gasteiger charge is 2.37. The third-order valence-electron chi connectivity index (χ3n) is 2.39. The Hall–Kier alpha value is -0.420. The van der Waals surface area contributed by atoms with E-state index >= 15 is 0 Å². The first-order valence-corrected chi connectivity index (χ1v) is 5.67. The average molecular weight is 213 g/mol. The third kappa shape index (κ3) is 1.98. The molecule has 1 saturated heterocycles. The summed E-state index contributed by atoms with van der Waals surface area (Å²) in [6, 6.07) is 4.11. The lowest BCUT2D eigenvalue weighted by molar-refractivity contribution is -0.156. The van der Waals surface area contributed by atoms with Gasteiger partial charge in [-0.05, 0) is 24.9 Å². The first-order chi connectivity index (χ1) is 6.73. The molecule has 2 heterocycles. The second kappa shape index (κ2) is 3.98. The topological polar surface area (TPSA) is 44.5 Å². The van der Waals surface area contributed by atoms with Crippen LogP contribution in [0.2, 0.25) is 0 Å². The molecule has 2 N–H and O–H groups in total. The summed E-state index contributed by atoms with van der Waals surface area (Å²) in [6.45, 7) is 3.18. The van der Waals surface area contributed by atoms with E-state index in [2.05, 4.69) is 11.4 Å². The Morgan fingerprint density at radius 3 is 3.21 bits per heavy atom. The van der Waals surface area contributed by atoms with E-state index in [-0.39, 0.29) is 6.10 Å². The largest absolute Gasteiger partial charge is 0.347 e. The van der Waals surface area contributed by atoms with Gasteiger partial charge in [0, 0.05) is 11.3 Å². The highest BCUT2D eigenvalue weighted by atomic mass is 32.1. The number of rotatable bonds is 3. The molecule has 2 unspecified atom stereocenters. The zero-order valence-electron chi connectivity index (χ0n) is 8.23. The van der Waals surface area contributed by atoms with Crippen molar-refractivity contribution in [3.63, 3.8) is 0 Å². The molecule has 3 nitrogen and oxygen atoms in total. The molecule has 1 fully saturated rings. The van der Waals surface area contributed by atoms with E-state index in [1.54, 1.807) is 11.3 Å². The first-order valence-electron chi connectivity index (χ1n) is 4.79. The summed E-state index contributed by atoms with van der Waals surface area (Å²) in [5.74, 6) is -0.483. The van der Waals surface area contributed by atoms with Crippen molar-refractivity contribution >= 4 is 11.3 Å². The summed E-state index contributed by atoms with van der Waals surface area (Å²) in [5, 5.41) is 2.05. The van der Waals surface area contributed by atoms with E-state index < -0.39 is 5.79 Å². The second-order valence-corrected chi connectivity index (χ2v) is 4.58. The van der Waals surface area contributed by atoms with Gasteiger partial charge in [-0.3, -0.25) is 0 Å². The van der Waals surface area contributed by atoms with Crippen LogP contribution in [0.4, 0.5) is 0 Å². The van der Waals surface area contributed by atoms with E-state index in [1.165, 1.54) is 4.88 Å². The maximum Gasteiger partial charge on any atom is 0.167 e. The highest BCUT2D eigenvalue weighted by Crippen LogP contribution is 2.36. The monoisotopic (exact) mass is 213 g/mol. The predicted molar refractivity (Wildman–Crippen MR) is 56.2 cm³/mol. The molecule has 1 aliphatic heterocycles. The summed E-state index contributed by atoms with van der Waals surface area (Å²) in [4.78, 5) is 1.23. The summed E-state index contributed by atoms with van der Waals surface area (Å²) in [7, 11) is 0. The van der Waals surface area contributed by atoms with Gasteiger partial charge in [0.25, 0.3) is 0 Å². The lowest BCUT2D eigenvalue weighted by atomic mass is 10.2. The van der Waals surface area contributed by atoms with Gasteiger partial charge in [-0.1, -0.05) is 6.07 Å². The van der Waals surface area contributed by atoms with Crippen LogP contribution >= 0.6 is 11.3 Å². The van der Waals surface area contributed by atoms with Gasteiger partial charge in [-0.15, -0.1) is 11.3 Å². The number of hydrogen-bond acceptors (Lipinski definition) is 4. The van der Waals surface area contributed by atoms with Crippen molar-refractivity contribution in [2.24, 2.45) is 5.73 Å². The summed E-state index contributed by atoms with van der Waals surface area (Å²) in [5.41, 5.74) is 5.50. The van der Waals surface area contributed by atoms with Crippen LogP contribution in [0, 0.1) is 0 Å². The molecule has 0 spiro atoms. The molecule has 0 amide bonds. The van der Waals surface area contributed by atoms with Crippen molar-refractivity contribution in [2.45, 2.75) is 25.2 Å². The smallest absolute Gasteiger partial charge is 0.167 e. The van der Waals surface area contributed by atoms with E-state index in [1.807, 2.05) is 13.0 Å². The molecule has 1 aliphatic rings. The minimum Gasteiger partial charge on any atom is -0.347 e. The molecule has 4 heteroatoms. The zero-order chi connectivity index (χ0) is 10.0. The Bertz CT molecular complexity index is 288. The molecule has 0 aliphatic carbocycles. The summed E-state index contributed by atoms with van der Waals surface area (Å²) < 4.78 is 11.5. The second-order valence-electron chi connectivity index (χ2n) is 3.61. The van der Waals surface area contributed by atoms with Crippen LogP contribution in [-0.4, -0.2) is 18.9 Å². The van der Waals surface area contributed by atoms with Crippen molar-refractivity contribution in [2.75, 3.05) is 13.2 Å². The van der Waals surface area contributed by atoms with Crippen LogP contribution in [0.3, 0.4) is 0 Å². The van der Waals surface area contributed by atoms with Crippen LogP contribution in [0.25, 0.3) is 0 Å². The van der Waals surface area contributed by atoms with E-state index in [0.717, 1.165) is 6.42 Å². The molecular formula is C10H15NO2S. The van der Waals surface area contributed by atoms with Gasteiger partial charge in [-0.2, -0.15) is 0 Å². The molecular weight excluding hydrogens is 198 g/mol. The molecule has 0 bridgehead atoms. The molecule has 0 aromatic carbocycles. The summed E-state index contributed by atoms with van der Waals surface area (Å²) >= 11 is 1.70. The molecule has 1 aromatic heterocycles. The number of thiophene rings is 1. The Morgan fingerprint density at radius 1 is 1.71 bits per heavy atom. The Morgan fingerprint density at radius 2 is 2.57 bits per heavy atom. The molecule has 14 heavy (non-hydrogen) atoms. The van der Waals surface area contributed by atoms with Gasteiger partial charge >= 0.3 is 0 Å². The molecule has 0 radical (unpaired) electrons. The number of nitrogens with two attached hydrogens (primary N) is 1. The molecule has 0 saturated carbocycles. The van der Waals surface area contributed by atoms with Crippen molar-refractivity contribution < 1.29 is 9.47 Å². The molecule has 78 valence electrons. The maximum absolute atomic E-state index is 5.84. The van der Waals surface area contributed by atoms with E-state index in [4.69, 9.17) is 15.2 Å². The van der Waals surface area contributed by atoms with Crippen LogP contribution in [0.1, 0.15) is 24.3 Å². The van der Waals surface area contributed by atoms with Gasteiger partial charge < -0.3 is 15.2 Å². The molecule has 2 rings (SSSR count). The van der Waals surface area contributed by atoms with Crippen LogP contribution in [0.15, 0.2) is 17.5 Å². The Kier molecular flexibility index (Phi) is 2.88. The predicted octanol–water partition coefficient (Wildman–Crippen LogP) is 1.90. The zero-order valence-corrected chi connectivity index (χ0v) is 9.05. The molecule has 1 aromatic rings. The first kappa shape index (κ1) is 10.1. The van der Waals surface area contributed by atoms with Crippen LogP contribution in [-0.2, 0) is 9.47 Å². The molecule has 2 atom stereocenters. The third-order valence-corrected chi connectivity index (χ3v) is 3.35. The van der Waals surface area contributed by atoms with Crippen LogP contribution < -0.4 is 5.73 Å². The minimum atomic E-state index is -0.483. The van der Waals surface area contributed by atoms with Gasteiger partial charge in [0.1, 0.15) is 6.10 Å².